The molecule has 1 aromatic carbocycles. The van der Waals surface area contributed by atoms with E-state index in [4.69, 9.17) is 14.2 Å². The Hall–Kier alpha value is -2.70. The second-order valence-electron chi connectivity index (χ2n) is 7.20. The zero-order valence-electron chi connectivity index (χ0n) is 17.3. The van der Waals surface area contributed by atoms with E-state index < -0.39 is 41.1 Å². The summed E-state index contributed by atoms with van der Waals surface area (Å²) < 4.78 is 15.2. The van der Waals surface area contributed by atoms with Gasteiger partial charge in [0.05, 0.1) is 20.3 Å². The molecule has 7 heteroatoms. The molecule has 1 aromatic rings. The number of hydrogen-bond acceptors (Lipinski definition) is 7. The van der Waals surface area contributed by atoms with Gasteiger partial charge in [0.1, 0.15) is 0 Å². The maximum atomic E-state index is 13.3. The number of ether oxygens (including phenoxy) is 3. The Morgan fingerprint density at radius 3 is 2.03 bits per heavy atom. The van der Waals surface area contributed by atoms with Crippen LogP contribution in [-0.2, 0) is 28.6 Å². The van der Waals surface area contributed by atoms with Crippen LogP contribution in [0.4, 0.5) is 0 Å². The van der Waals surface area contributed by atoms with Crippen LogP contribution in [0.1, 0.15) is 44.0 Å². The van der Waals surface area contributed by atoms with Crippen LogP contribution in [-0.4, -0.2) is 44.0 Å². The number of carbonyl (C=O) groups is 4. The SMILES string of the molecule is CCOC(=O)C1(C(=O)OCC)C[C@H](CC(=O)OC)[C@@H](C(=O)c2ccccc2)[C@H]1C. The smallest absolute Gasteiger partial charge is 0.323 e. The summed E-state index contributed by atoms with van der Waals surface area (Å²) in [5.41, 5.74) is -1.18. The lowest BCUT2D eigenvalue weighted by Crippen LogP contribution is -2.45. The van der Waals surface area contributed by atoms with Crippen molar-refractivity contribution in [3.8, 4) is 0 Å². The predicted octanol–water partition coefficient (Wildman–Crippen LogP) is 2.82. The zero-order valence-corrected chi connectivity index (χ0v) is 17.3. The van der Waals surface area contributed by atoms with E-state index in [0.29, 0.717) is 5.56 Å². The van der Waals surface area contributed by atoms with Gasteiger partial charge in [0.25, 0.3) is 0 Å². The van der Waals surface area contributed by atoms with Gasteiger partial charge in [0.2, 0.25) is 0 Å². The van der Waals surface area contributed by atoms with Crippen molar-refractivity contribution in [3.63, 3.8) is 0 Å². The fourth-order valence-corrected chi connectivity index (χ4v) is 4.32. The highest BCUT2D eigenvalue weighted by molar-refractivity contribution is 6.05. The third-order valence-corrected chi connectivity index (χ3v) is 5.70. The van der Waals surface area contributed by atoms with Crippen molar-refractivity contribution in [2.75, 3.05) is 20.3 Å². The molecule has 2 rings (SSSR count). The van der Waals surface area contributed by atoms with Crippen LogP contribution in [0.15, 0.2) is 30.3 Å². The van der Waals surface area contributed by atoms with Gasteiger partial charge in [-0.15, -0.1) is 0 Å². The first-order chi connectivity index (χ1) is 13.8. The molecule has 1 aliphatic rings. The number of methoxy groups -OCH3 is 1. The Morgan fingerprint density at radius 2 is 1.55 bits per heavy atom. The largest absolute Gasteiger partial charge is 0.469 e. The van der Waals surface area contributed by atoms with Gasteiger partial charge in [-0.25, -0.2) is 0 Å². The molecule has 0 radical (unpaired) electrons. The van der Waals surface area contributed by atoms with Crippen molar-refractivity contribution in [1.29, 1.82) is 0 Å². The average Bonchev–Trinajstić information content (AvgIpc) is 3.01. The standard InChI is InChI=1S/C22H28O7/c1-5-28-20(25)22(21(26)29-6-2)13-16(12-17(23)27-4)18(14(22)3)19(24)15-10-8-7-9-11-15/h7-11,14,16,18H,5-6,12-13H2,1-4H3/t14-,16+,18+/m1/s1. The van der Waals surface area contributed by atoms with E-state index in [-0.39, 0.29) is 31.8 Å². The molecule has 0 aromatic heterocycles. The monoisotopic (exact) mass is 404 g/mol. The Labute approximate surface area is 170 Å². The Balaban J connectivity index is 2.53. The summed E-state index contributed by atoms with van der Waals surface area (Å²) in [4.78, 5) is 51.2. The van der Waals surface area contributed by atoms with E-state index in [1.807, 2.05) is 0 Å². The minimum Gasteiger partial charge on any atom is -0.469 e. The molecule has 1 aliphatic carbocycles. The lowest BCUT2D eigenvalue weighted by Gasteiger charge is -2.30. The molecule has 0 amide bonds. The molecule has 0 saturated heterocycles. The number of benzene rings is 1. The number of ketones is 1. The molecule has 3 atom stereocenters. The highest BCUT2D eigenvalue weighted by Gasteiger charge is 2.64. The van der Waals surface area contributed by atoms with Crippen LogP contribution in [0.2, 0.25) is 0 Å². The topological polar surface area (TPSA) is 96.0 Å². The third-order valence-electron chi connectivity index (χ3n) is 5.70. The summed E-state index contributed by atoms with van der Waals surface area (Å²) >= 11 is 0. The van der Waals surface area contributed by atoms with E-state index in [1.54, 1.807) is 51.1 Å². The van der Waals surface area contributed by atoms with Gasteiger partial charge in [-0.05, 0) is 32.1 Å². The van der Waals surface area contributed by atoms with E-state index >= 15 is 0 Å². The van der Waals surface area contributed by atoms with E-state index in [9.17, 15) is 19.2 Å². The molecule has 0 N–H and O–H groups in total. The van der Waals surface area contributed by atoms with Gasteiger partial charge in [-0.3, -0.25) is 19.2 Å². The van der Waals surface area contributed by atoms with E-state index in [1.165, 1.54) is 7.11 Å². The molecule has 0 aliphatic heterocycles. The fourth-order valence-electron chi connectivity index (χ4n) is 4.32. The molecule has 158 valence electrons. The van der Waals surface area contributed by atoms with Crippen molar-refractivity contribution in [2.24, 2.45) is 23.2 Å². The van der Waals surface area contributed by atoms with Crippen molar-refractivity contribution in [3.05, 3.63) is 35.9 Å². The summed E-state index contributed by atoms with van der Waals surface area (Å²) in [5, 5.41) is 0. The summed E-state index contributed by atoms with van der Waals surface area (Å²) in [6.45, 7) is 5.15. The van der Waals surface area contributed by atoms with E-state index in [0.717, 1.165) is 0 Å². The molecule has 0 bridgehead atoms. The highest BCUT2D eigenvalue weighted by atomic mass is 16.6. The molecule has 0 unspecified atom stereocenters. The normalized spacial score (nSPS) is 22.6. The number of carbonyl (C=O) groups excluding carboxylic acids is 4. The highest BCUT2D eigenvalue weighted by Crippen LogP contribution is 2.54. The first kappa shape index (κ1) is 22.6. The van der Waals surface area contributed by atoms with Crippen LogP contribution < -0.4 is 0 Å². The molecule has 0 spiro atoms. The quantitative estimate of drug-likeness (QED) is 0.284. The number of hydrogen-bond donors (Lipinski definition) is 0. The maximum absolute atomic E-state index is 13.3. The molecular weight excluding hydrogens is 376 g/mol. The lowest BCUT2D eigenvalue weighted by atomic mass is 9.74. The number of rotatable bonds is 8. The summed E-state index contributed by atoms with van der Waals surface area (Å²) in [7, 11) is 1.26. The summed E-state index contributed by atoms with van der Waals surface area (Å²) in [6.07, 6.45) is -0.0885. The molecule has 1 saturated carbocycles. The van der Waals surface area contributed by atoms with Gasteiger partial charge in [-0.2, -0.15) is 0 Å². The van der Waals surface area contributed by atoms with Crippen LogP contribution in [0.5, 0.6) is 0 Å². The first-order valence-electron chi connectivity index (χ1n) is 9.83. The Morgan fingerprint density at radius 1 is 1.00 bits per heavy atom. The molecule has 1 fully saturated rings. The molecule has 0 heterocycles. The maximum Gasteiger partial charge on any atom is 0.323 e. The van der Waals surface area contributed by atoms with Gasteiger partial charge in [0, 0.05) is 17.9 Å². The van der Waals surface area contributed by atoms with Gasteiger partial charge >= 0.3 is 17.9 Å². The summed E-state index contributed by atoms with van der Waals surface area (Å²) in [6, 6.07) is 8.64. The minimum atomic E-state index is -1.64. The van der Waals surface area contributed by atoms with Gasteiger partial charge < -0.3 is 14.2 Å². The lowest BCUT2D eigenvalue weighted by molar-refractivity contribution is -0.175. The molecule has 7 nitrogen and oxygen atoms in total. The number of esters is 3. The third kappa shape index (κ3) is 4.33. The fraction of sp³-hybridized carbons (Fsp3) is 0.545. The molecular formula is C22H28O7. The Bertz CT molecular complexity index is 738. The second-order valence-corrected chi connectivity index (χ2v) is 7.20. The van der Waals surface area contributed by atoms with Crippen LogP contribution in [0.3, 0.4) is 0 Å². The minimum absolute atomic E-state index is 0.00975. The van der Waals surface area contributed by atoms with Crippen molar-refractivity contribution in [1.82, 2.24) is 0 Å². The van der Waals surface area contributed by atoms with Crippen molar-refractivity contribution in [2.45, 2.75) is 33.6 Å². The van der Waals surface area contributed by atoms with Crippen molar-refractivity contribution < 1.29 is 33.4 Å². The van der Waals surface area contributed by atoms with Crippen LogP contribution in [0, 0.1) is 23.2 Å². The first-order valence-corrected chi connectivity index (χ1v) is 9.83. The second kappa shape index (κ2) is 9.67. The van der Waals surface area contributed by atoms with Crippen molar-refractivity contribution >= 4 is 23.7 Å². The van der Waals surface area contributed by atoms with Gasteiger partial charge in [0.15, 0.2) is 11.2 Å². The average molecular weight is 404 g/mol. The van der Waals surface area contributed by atoms with Crippen LogP contribution >= 0.6 is 0 Å². The van der Waals surface area contributed by atoms with Gasteiger partial charge in [-0.1, -0.05) is 37.3 Å². The zero-order chi connectivity index (χ0) is 21.6. The predicted molar refractivity (Wildman–Crippen MR) is 104 cm³/mol. The molecule has 29 heavy (non-hydrogen) atoms. The van der Waals surface area contributed by atoms with E-state index in [2.05, 4.69) is 0 Å². The van der Waals surface area contributed by atoms with Crippen LogP contribution in [0.25, 0.3) is 0 Å². The summed E-state index contributed by atoms with van der Waals surface area (Å²) in [5.74, 6) is -4.15. The Kier molecular flexibility index (Phi) is 7.53. The number of Topliss-reactive ketones (excluding diaryl/α,β-unsaturated/α-hetero) is 1.